The molecule has 0 amide bonds. The third kappa shape index (κ3) is 2.18. The van der Waals surface area contributed by atoms with Crippen LogP contribution in [-0.2, 0) is 6.42 Å². The molecule has 0 aliphatic rings. The van der Waals surface area contributed by atoms with Crippen LogP contribution in [0.2, 0.25) is 0 Å². The summed E-state index contributed by atoms with van der Waals surface area (Å²) in [5.41, 5.74) is 2.18. The molecule has 0 spiro atoms. The van der Waals surface area contributed by atoms with Crippen molar-refractivity contribution >= 4 is 0 Å². The van der Waals surface area contributed by atoms with Crippen molar-refractivity contribution in [3.05, 3.63) is 53.1 Å². The molecule has 0 bridgehead atoms. The van der Waals surface area contributed by atoms with Crippen LogP contribution < -0.4 is 0 Å². The smallest absolute Gasteiger partial charge is 0.200 e. The fraction of sp³-hybridized carbons (Fsp3) is 0.143. The predicted molar refractivity (Wildman–Crippen MR) is 65.4 cm³/mol. The maximum Gasteiger partial charge on any atom is 0.200 e. The molecule has 2 aromatic rings. The van der Waals surface area contributed by atoms with Gasteiger partial charge in [0.05, 0.1) is 0 Å². The van der Waals surface area contributed by atoms with E-state index in [0.29, 0.717) is 17.5 Å². The summed E-state index contributed by atoms with van der Waals surface area (Å²) in [6, 6.07) is 11.3. The summed E-state index contributed by atoms with van der Waals surface area (Å²) >= 11 is 0. The van der Waals surface area contributed by atoms with Gasteiger partial charge in [0.25, 0.3) is 0 Å². The second-order valence-electron chi connectivity index (χ2n) is 4.06. The Bertz CT molecular complexity index is 533. The SMILES string of the molecule is Cc1cc(Cc2ccccc2)c(O)c(O)c1O. The van der Waals surface area contributed by atoms with Gasteiger partial charge in [-0.3, -0.25) is 0 Å². The van der Waals surface area contributed by atoms with Crippen molar-refractivity contribution in [1.29, 1.82) is 0 Å². The van der Waals surface area contributed by atoms with E-state index in [-0.39, 0.29) is 11.5 Å². The maximum absolute atomic E-state index is 9.75. The van der Waals surface area contributed by atoms with Crippen LogP contribution in [0.15, 0.2) is 36.4 Å². The topological polar surface area (TPSA) is 60.7 Å². The first kappa shape index (κ1) is 11.3. The Morgan fingerprint density at radius 3 is 2.18 bits per heavy atom. The molecular formula is C14H14O3. The fourth-order valence-corrected chi connectivity index (χ4v) is 1.80. The van der Waals surface area contributed by atoms with Gasteiger partial charge in [0, 0.05) is 12.0 Å². The number of rotatable bonds is 2. The van der Waals surface area contributed by atoms with Crippen molar-refractivity contribution in [2.75, 3.05) is 0 Å². The van der Waals surface area contributed by atoms with Gasteiger partial charge in [-0.2, -0.15) is 0 Å². The minimum Gasteiger partial charge on any atom is -0.504 e. The van der Waals surface area contributed by atoms with E-state index in [9.17, 15) is 15.3 Å². The van der Waals surface area contributed by atoms with Crippen LogP contribution in [0.1, 0.15) is 16.7 Å². The van der Waals surface area contributed by atoms with Crippen LogP contribution >= 0.6 is 0 Å². The van der Waals surface area contributed by atoms with Gasteiger partial charge in [-0.15, -0.1) is 0 Å². The third-order valence-corrected chi connectivity index (χ3v) is 2.75. The van der Waals surface area contributed by atoms with Crippen molar-refractivity contribution in [3.8, 4) is 17.2 Å². The molecule has 3 nitrogen and oxygen atoms in total. The molecular weight excluding hydrogens is 216 g/mol. The monoisotopic (exact) mass is 230 g/mol. The first-order valence-electron chi connectivity index (χ1n) is 5.37. The summed E-state index contributed by atoms with van der Waals surface area (Å²) in [4.78, 5) is 0. The molecule has 0 aliphatic carbocycles. The highest BCUT2D eigenvalue weighted by molar-refractivity contribution is 5.57. The molecule has 88 valence electrons. The fourth-order valence-electron chi connectivity index (χ4n) is 1.80. The molecule has 0 atom stereocenters. The Hall–Kier alpha value is -2.16. The van der Waals surface area contributed by atoms with Gasteiger partial charge >= 0.3 is 0 Å². The van der Waals surface area contributed by atoms with E-state index in [1.807, 2.05) is 30.3 Å². The lowest BCUT2D eigenvalue weighted by Crippen LogP contribution is -1.91. The van der Waals surface area contributed by atoms with Gasteiger partial charge in [0.2, 0.25) is 5.75 Å². The molecule has 2 aromatic carbocycles. The van der Waals surface area contributed by atoms with Crippen molar-refractivity contribution in [2.24, 2.45) is 0 Å². The van der Waals surface area contributed by atoms with Crippen molar-refractivity contribution in [1.82, 2.24) is 0 Å². The van der Waals surface area contributed by atoms with Gasteiger partial charge < -0.3 is 15.3 Å². The highest BCUT2D eigenvalue weighted by atomic mass is 16.3. The molecule has 2 rings (SSSR count). The first-order valence-corrected chi connectivity index (χ1v) is 5.37. The largest absolute Gasteiger partial charge is 0.504 e. The lowest BCUT2D eigenvalue weighted by molar-refractivity contribution is 0.363. The van der Waals surface area contributed by atoms with Gasteiger partial charge in [-0.25, -0.2) is 0 Å². The Labute approximate surface area is 99.6 Å². The average molecular weight is 230 g/mol. The van der Waals surface area contributed by atoms with Gasteiger partial charge in [-0.1, -0.05) is 30.3 Å². The van der Waals surface area contributed by atoms with Crippen LogP contribution in [0.3, 0.4) is 0 Å². The van der Waals surface area contributed by atoms with E-state index in [4.69, 9.17) is 0 Å². The normalized spacial score (nSPS) is 10.4. The second kappa shape index (κ2) is 4.37. The van der Waals surface area contributed by atoms with Gasteiger partial charge in [0.15, 0.2) is 11.5 Å². The molecule has 0 fully saturated rings. The van der Waals surface area contributed by atoms with Crippen LogP contribution in [0.5, 0.6) is 17.2 Å². The first-order chi connectivity index (χ1) is 8.09. The summed E-state index contributed by atoms with van der Waals surface area (Å²) < 4.78 is 0. The van der Waals surface area contributed by atoms with Crippen LogP contribution in [0, 0.1) is 6.92 Å². The van der Waals surface area contributed by atoms with E-state index < -0.39 is 5.75 Å². The third-order valence-electron chi connectivity index (χ3n) is 2.75. The van der Waals surface area contributed by atoms with Crippen LogP contribution in [0.4, 0.5) is 0 Å². The molecule has 17 heavy (non-hydrogen) atoms. The van der Waals surface area contributed by atoms with E-state index in [1.165, 1.54) is 0 Å². The second-order valence-corrected chi connectivity index (χ2v) is 4.06. The quantitative estimate of drug-likeness (QED) is 0.695. The maximum atomic E-state index is 9.75. The summed E-state index contributed by atoms with van der Waals surface area (Å²) in [5.74, 6) is -0.966. The number of phenols is 3. The summed E-state index contributed by atoms with van der Waals surface area (Å²) in [7, 11) is 0. The minimum atomic E-state index is -0.448. The highest BCUT2D eigenvalue weighted by Gasteiger charge is 2.14. The highest BCUT2D eigenvalue weighted by Crippen LogP contribution is 2.40. The predicted octanol–water partition coefficient (Wildman–Crippen LogP) is 2.70. The standard InChI is InChI=1S/C14H14O3/c1-9-7-11(13(16)14(17)12(9)15)8-10-5-3-2-4-6-10/h2-7,15-17H,8H2,1H3. The van der Waals surface area contributed by atoms with Gasteiger partial charge in [0.1, 0.15) is 0 Å². The molecule has 0 heterocycles. The van der Waals surface area contributed by atoms with E-state index >= 15 is 0 Å². The molecule has 0 saturated heterocycles. The Morgan fingerprint density at radius 2 is 1.53 bits per heavy atom. The Balaban J connectivity index is 2.41. The minimum absolute atomic E-state index is 0.253. The number of benzene rings is 2. The van der Waals surface area contributed by atoms with E-state index in [2.05, 4.69) is 0 Å². The lowest BCUT2D eigenvalue weighted by atomic mass is 10.0. The Kier molecular flexibility index (Phi) is 2.91. The average Bonchev–Trinajstić information content (AvgIpc) is 2.35. The molecule has 0 aromatic heterocycles. The summed E-state index contributed by atoms with van der Waals surface area (Å²) in [6.07, 6.45) is 0.515. The summed E-state index contributed by atoms with van der Waals surface area (Å²) in [6.45, 7) is 1.68. The number of hydrogen-bond donors (Lipinski definition) is 3. The molecule has 3 N–H and O–H groups in total. The zero-order valence-electron chi connectivity index (χ0n) is 9.51. The molecule has 3 heteroatoms. The number of aryl methyl sites for hydroxylation is 1. The number of hydrogen-bond acceptors (Lipinski definition) is 3. The summed E-state index contributed by atoms with van der Waals surface area (Å²) in [5, 5.41) is 28.8. The molecule has 0 saturated carbocycles. The lowest BCUT2D eigenvalue weighted by Gasteiger charge is -2.10. The van der Waals surface area contributed by atoms with E-state index in [0.717, 1.165) is 5.56 Å². The van der Waals surface area contributed by atoms with Crippen molar-refractivity contribution in [2.45, 2.75) is 13.3 Å². The molecule has 0 aliphatic heterocycles. The van der Waals surface area contributed by atoms with Crippen molar-refractivity contribution < 1.29 is 15.3 Å². The number of phenolic OH excluding ortho intramolecular Hbond substituents is 3. The molecule has 0 unspecified atom stereocenters. The van der Waals surface area contributed by atoms with Gasteiger partial charge in [-0.05, 0) is 24.1 Å². The number of aromatic hydroxyl groups is 3. The van der Waals surface area contributed by atoms with Crippen LogP contribution in [0.25, 0.3) is 0 Å². The van der Waals surface area contributed by atoms with E-state index in [1.54, 1.807) is 13.0 Å². The molecule has 0 radical (unpaired) electrons. The zero-order chi connectivity index (χ0) is 12.4. The van der Waals surface area contributed by atoms with Crippen molar-refractivity contribution in [3.63, 3.8) is 0 Å². The van der Waals surface area contributed by atoms with Crippen LogP contribution in [-0.4, -0.2) is 15.3 Å². The zero-order valence-corrected chi connectivity index (χ0v) is 9.51. The Morgan fingerprint density at radius 1 is 0.882 bits per heavy atom.